The molecule has 0 unspecified atom stereocenters. The van der Waals surface area contributed by atoms with E-state index in [4.69, 9.17) is 5.26 Å². The molecule has 19 heavy (non-hydrogen) atoms. The monoisotopic (exact) mass is 268 g/mol. The molecule has 2 rings (SSSR count). The van der Waals surface area contributed by atoms with Crippen molar-refractivity contribution in [1.29, 1.82) is 5.26 Å². The molecule has 0 atom stereocenters. The molecule has 0 bridgehead atoms. The number of anilines is 1. The first-order chi connectivity index (χ1) is 8.93. The number of alkyl halides is 3. The summed E-state index contributed by atoms with van der Waals surface area (Å²) in [6.07, 6.45) is -0.220. The topological polar surface area (TPSA) is 27.0 Å². The Labute approximate surface area is 110 Å². The summed E-state index contributed by atoms with van der Waals surface area (Å²) < 4.78 is 38.7. The van der Waals surface area contributed by atoms with Crippen LogP contribution in [-0.4, -0.2) is 13.1 Å². The number of hydrogen-bond donors (Lipinski definition) is 0. The zero-order valence-electron chi connectivity index (χ0n) is 10.7. The number of nitrogens with zero attached hydrogens (tertiary/aromatic N) is 2. The van der Waals surface area contributed by atoms with Crippen LogP contribution in [0, 0.1) is 11.3 Å². The van der Waals surface area contributed by atoms with Crippen molar-refractivity contribution in [1.82, 2.24) is 0 Å². The molecule has 1 aliphatic rings. The molecule has 0 aliphatic heterocycles. The van der Waals surface area contributed by atoms with Crippen molar-refractivity contribution >= 4 is 5.69 Å². The standard InChI is InChI=1S/C14H15F3N2/c1-19(11-4-2-3-5-11)12-7-6-10(9-18)13(8-12)14(15,16)17/h6-8,11H,2-5H2,1H3. The average Bonchev–Trinajstić information content (AvgIpc) is 2.90. The maximum atomic E-state index is 12.9. The maximum Gasteiger partial charge on any atom is 0.417 e. The Morgan fingerprint density at radius 3 is 2.42 bits per heavy atom. The summed E-state index contributed by atoms with van der Waals surface area (Å²) in [4.78, 5) is 1.89. The van der Waals surface area contributed by atoms with Gasteiger partial charge in [-0.05, 0) is 31.0 Å². The fraction of sp³-hybridized carbons (Fsp3) is 0.500. The van der Waals surface area contributed by atoms with Gasteiger partial charge in [-0.1, -0.05) is 12.8 Å². The van der Waals surface area contributed by atoms with Gasteiger partial charge in [0.2, 0.25) is 0 Å². The molecule has 0 aromatic heterocycles. The van der Waals surface area contributed by atoms with Crippen LogP contribution in [0.25, 0.3) is 0 Å². The molecule has 102 valence electrons. The lowest BCUT2D eigenvalue weighted by Gasteiger charge is -2.27. The highest BCUT2D eigenvalue weighted by molar-refractivity contribution is 5.55. The van der Waals surface area contributed by atoms with Crippen molar-refractivity contribution in [2.24, 2.45) is 0 Å². The fourth-order valence-electron chi connectivity index (χ4n) is 2.59. The van der Waals surface area contributed by atoms with Crippen LogP contribution >= 0.6 is 0 Å². The predicted molar refractivity (Wildman–Crippen MR) is 66.8 cm³/mol. The van der Waals surface area contributed by atoms with E-state index in [9.17, 15) is 13.2 Å². The van der Waals surface area contributed by atoms with Gasteiger partial charge in [-0.2, -0.15) is 18.4 Å². The van der Waals surface area contributed by atoms with Gasteiger partial charge in [-0.15, -0.1) is 0 Å². The molecule has 1 fully saturated rings. The number of halogens is 3. The van der Waals surface area contributed by atoms with Crippen LogP contribution in [0.2, 0.25) is 0 Å². The Morgan fingerprint density at radius 1 is 1.26 bits per heavy atom. The van der Waals surface area contributed by atoms with Gasteiger partial charge in [0, 0.05) is 18.8 Å². The molecule has 0 saturated heterocycles. The lowest BCUT2D eigenvalue weighted by molar-refractivity contribution is -0.137. The van der Waals surface area contributed by atoms with Gasteiger partial charge in [0.25, 0.3) is 0 Å². The Kier molecular flexibility index (Phi) is 3.70. The second kappa shape index (κ2) is 5.12. The highest BCUT2D eigenvalue weighted by atomic mass is 19.4. The van der Waals surface area contributed by atoms with E-state index in [0.717, 1.165) is 31.7 Å². The number of nitriles is 1. The van der Waals surface area contributed by atoms with E-state index >= 15 is 0 Å². The zero-order valence-corrected chi connectivity index (χ0v) is 10.7. The molecule has 0 N–H and O–H groups in total. The molecular formula is C14H15F3N2. The highest BCUT2D eigenvalue weighted by Crippen LogP contribution is 2.35. The summed E-state index contributed by atoms with van der Waals surface area (Å²) in [7, 11) is 1.82. The van der Waals surface area contributed by atoms with Crippen molar-refractivity contribution in [3.63, 3.8) is 0 Å². The van der Waals surface area contributed by atoms with E-state index < -0.39 is 11.7 Å². The Hall–Kier alpha value is -1.70. The molecule has 0 spiro atoms. The van der Waals surface area contributed by atoms with Gasteiger partial charge < -0.3 is 4.90 Å². The minimum atomic E-state index is -4.49. The first-order valence-electron chi connectivity index (χ1n) is 6.27. The van der Waals surface area contributed by atoms with Gasteiger partial charge in [-0.25, -0.2) is 0 Å². The summed E-state index contributed by atoms with van der Waals surface area (Å²) in [5, 5.41) is 8.76. The minimum absolute atomic E-state index is 0.300. The molecule has 0 amide bonds. The summed E-state index contributed by atoms with van der Waals surface area (Å²) in [5.74, 6) is 0. The molecular weight excluding hydrogens is 253 g/mol. The van der Waals surface area contributed by atoms with Gasteiger partial charge in [-0.3, -0.25) is 0 Å². The third kappa shape index (κ3) is 2.83. The first kappa shape index (κ1) is 13.7. The van der Waals surface area contributed by atoms with Gasteiger partial charge in [0.1, 0.15) is 0 Å². The Morgan fingerprint density at radius 2 is 1.89 bits per heavy atom. The third-order valence-corrected chi connectivity index (χ3v) is 3.71. The second-order valence-corrected chi connectivity index (χ2v) is 4.89. The van der Waals surface area contributed by atoms with Crippen LogP contribution in [0.15, 0.2) is 18.2 Å². The van der Waals surface area contributed by atoms with E-state index in [1.807, 2.05) is 11.9 Å². The Bertz CT molecular complexity index is 496. The SMILES string of the molecule is CN(c1ccc(C#N)c(C(F)(F)F)c1)C1CCCC1. The van der Waals surface area contributed by atoms with E-state index in [0.29, 0.717) is 11.7 Å². The molecule has 2 nitrogen and oxygen atoms in total. The van der Waals surface area contributed by atoms with Crippen molar-refractivity contribution < 1.29 is 13.2 Å². The lowest BCUT2D eigenvalue weighted by atomic mass is 10.1. The van der Waals surface area contributed by atoms with Crippen LogP contribution < -0.4 is 4.90 Å². The molecule has 1 aromatic carbocycles. The number of benzene rings is 1. The first-order valence-corrected chi connectivity index (χ1v) is 6.27. The van der Waals surface area contributed by atoms with E-state index in [-0.39, 0.29) is 5.56 Å². The maximum absolute atomic E-state index is 12.9. The van der Waals surface area contributed by atoms with Crippen molar-refractivity contribution in [3.05, 3.63) is 29.3 Å². The smallest absolute Gasteiger partial charge is 0.372 e. The average molecular weight is 268 g/mol. The van der Waals surface area contributed by atoms with Gasteiger partial charge in [0.05, 0.1) is 17.2 Å². The zero-order chi connectivity index (χ0) is 14.0. The van der Waals surface area contributed by atoms with E-state index in [1.165, 1.54) is 6.07 Å². The molecule has 0 radical (unpaired) electrons. The minimum Gasteiger partial charge on any atom is -0.372 e. The summed E-state index contributed by atoms with van der Waals surface area (Å²) in [6.45, 7) is 0. The number of hydrogen-bond acceptors (Lipinski definition) is 2. The molecule has 0 heterocycles. The van der Waals surface area contributed by atoms with Crippen LogP contribution in [0.4, 0.5) is 18.9 Å². The third-order valence-electron chi connectivity index (χ3n) is 3.71. The van der Waals surface area contributed by atoms with Crippen molar-refractivity contribution in [2.45, 2.75) is 37.9 Å². The molecule has 1 aromatic rings. The second-order valence-electron chi connectivity index (χ2n) is 4.89. The molecule has 1 aliphatic carbocycles. The van der Waals surface area contributed by atoms with Crippen LogP contribution in [0.5, 0.6) is 0 Å². The van der Waals surface area contributed by atoms with Gasteiger partial charge >= 0.3 is 6.18 Å². The molecule has 5 heteroatoms. The summed E-state index contributed by atoms with van der Waals surface area (Å²) in [6, 6.07) is 5.82. The summed E-state index contributed by atoms with van der Waals surface area (Å²) in [5.41, 5.74) is -0.647. The highest BCUT2D eigenvalue weighted by Gasteiger charge is 2.34. The van der Waals surface area contributed by atoms with Crippen LogP contribution in [0.3, 0.4) is 0 Å². The van der Waals surface area contributed by atoms with Crippen molar-refractivity contribution in [2.75, 3.05) is 11.9 Å². The van der Waals surface area contributed by atoms with E-state index in [2.05, 4.69) is 0 Å². The quantitative estimate of drug-likeness (QED) is 0.811. The number of rotatable bonds is 2. The predicted octanol–water partition coefficient (Wildman–Crippen LogP) is 3.96. The van der Waals surface area contributed by atoms with Gasteiger partial charge in [0.15, 0.2) is 0 Å². The summed E-state index contributed by atoms with van der Waals surface area (Å²) >= 11 is 0. The Balaban J connectivity index is 2.35. The van der Waals surface area contributed by atoms with Crippen molar-refractivity contribution in [3.8, 4) is 6.07 Å². The fourth-order valence-corrected chi connectivity index (χ4v) is 2.59. The normalized spacial score (nSPS) is 16.4. The molecule has 1 saturated carbocycles. The van der Waals surface area contributed by atoms with E-state index in [1.54, 1.807) is 12.1 Å². The van der Waals surface area contributed by atoms with Crippen LogP contribution in [0.1, 0.15) is 36.8 Å². The lowest BCUT2D eigenvalue weighted by Crippen LogP contribution is -2.29. The largest absolute Gasteiger partial charge is 0.417 e. The van der Waals surface area contributed by atoms with Crippen LogP contribution in [-0.2, 0) is 6.18 Å².